The molecule has 0 aliphatic carbocycles. The Balaban J connectivity index is 1.84. The normalized spacial score (nSPS) is 18.0. The first-order valence-electron chi connectivity index (χ1n) is 7.36. The lowest BCUT2D eigenvalue weighted by molar-refractivity contribution is -0.142. The van der Waals surface area contributed by atoms with Gasteiger partial charge in [-0.15, -0.1) is 0 Å². The third kappa shape index (κ3) is 2.95. The zero-order valence-corrected chi connectivity index (χ0v) is 12.9. The van der Waals surface area contributed by atoms with E-state index in [1.165, 1.54) is 11.0 Å². The molecule has 2 amide bonds. The maximum absolute atomic E-state index is 12.6. The van der Waals surface area contributed by atoms with Crippen LogP contribution in [0.25, 0.3) is 5.65 Å². The SMILES string of the molecule is C=CC(=O)N1CCOCC1C(=O)Nc1cccn2cc(C)nc12. The van der Waals surface area contributed by atoms with Crippen LogP contribution in [0.2, 0.25) is 0 Å². The maximum Gasteiger partial charge on any atom is 0.249 e. The minimum absolute atomic E-state index is 0.169. The predicted octanol–water partition coefficient (Wildman–Crippen LogP) is 0.995. The Bertz CT molecular complexity index is 768. The Morgan fingerprint density at radius 2 is 2.35 bits per heavy atom. The minimum atomic E-state index is -0.675. The Morgan fingerprint density at radius 1 is 1.52 bits per heavy atom. The van der Waals surface area contributed by atoms with Crippen molar-refractivity contribution in [1.82, 2.24) is 14.3 Å². The fraction of sp³-hybridized carbons (Fsp3) is 0.312. The number of anilines is 1. The second kappa shape index (κ2) is 6.21. The monoisotopic (exact) mass is 314 g/mol. The third-order valence-electron chi connectivity index (χ3n) is 3.75. The number of fused-ring (bicyclic) bond motifs is 1. The molecule has 7 heteroatoms. The zero-order valence-electron chi connectivity index (χ0n) is 12.9. The molecule has 1 saturated heterocycles. The van der Waals surface area contributed by atoms with E-state index in [0.29, 0.717) is 24.5 Å². The van der Waals surface area contributed by atoms with Crippen LogP contribution in [0.1, 0.15) is 5.69 Å². The van der Waals surface area contributed by atoms with Gasteiger partial charge in [0.2, 0.25) is 11.8 Å². The van der Waals surface area contributed by atoms with Crippen LogP contribution in [0.5, 0.6) is 0 Å². The highest BCUT2D eigenvalue weighted by Gasteiger charge is 2.32. The zero-order chi connectivity index (χ0) is 16.4. The number of hydrogen-bond acceptors (Lipinski definition) is 4. The highest BCUT2D eigenvalue weighted by molar-refractivity contribution is 6.01. The molecule has 0 spiro atoms. The molecule has 2 aromatic rings. The Hall–Kier alpha value is -2.67. The Morgan fingerprint density at radius 3 is 3.13 bits per heavy atom. The van der Waals surface area contributed by atoms with E-state index in [4.69, 9.17) is 4.74 Å². The van der Waals surface area contributed by atoms with Gasteiger partial charge < -0.3 is 19.4 Å². The number of aryl methyl sites for hydroxylation is 1. The van der Waals surface area contributed by atoms with E-state index in [1.54, 1.807) is 6.07 Å². The first-order valence-corrected chi connectivity index (χ1v) is 7.36. The van der Waals surface area contributed by atoms with E-state index in [2.05, 4.69) is 16.9 Å². The summed E-state index contributed by atoms with van der Waals surface area (Å²) < 4.78 is 7.19. The van der Waals surface area contributed by atoms with E-state index in [0.717, 1.165) is 5.69 Å². The number of aromatic nitrogens is 2. The molecule has 0 aromatic carbocycles. The smallest absolute Gasteiger partial charge is 0.249 e. The summed E-state index contributed by atoms with van der Waals surface area (Å²) in [5.41, 5.74) is 2.12. The van der Waals surface area contributed by atoms with E-state index in [1.807, 2.05) is 29.8 Å². The summed E-state index contributed by atoms with van der Waals surface area (Å²) in [4.78, 5) is 30.4. The van der Waals surface area contributed by atoms with Crippen molar-refractivity contribution in [3.05, 3.63) is 42.9 Å². The van der Waals surface area contributed by atoms with Gasteiger partial charge in [0.1, 0.15) is 6.04 Å². The Labute approximate surface area is 133 Å². The van der Waals surface area contributed by atoms with E-state index >= 15 is 0 Å². The summed E-state index contributed by atoms with van der Waals surface area (Å²) in [6, 6.07) is 2.93. The number of nitrogens with zero attached hydrogens (tertiary/aromatic N) is 3. The number of morpholine rings is 1. The van der Waals surface area contributed by atoms with Crippen molar-refractivity contribution in [1.29, 1.82) is 0 Å². The number of nitrogens with one attached hydrogen (secondary N) is 1. The number of hydrogen-bond donors (Lipinski definition) is 1. The number of pyridine rings is 1. The summed E-state index contributed by atoms with van der Waals surface area (Å²) in [7, 11) is 0. The van der Waals surface area contributed by atoms with Crippen molar-refractivity contribution in [2.75, 3.05) is 25.1 Å². The highest BCUT2D eigenvalue weighted by Crippen LogP contribution is 2.18. The van der Waals surface area contributed by atoms with Crippen molar-refractivity contribution in [3.8, 4) is 0 Å². The van der Waals surface area contributed by atoms with E-state index in [-0.39, 0.29) is 18.4 Å². The van der Waals surface area contributed by atoms with Gasteiger partial charge in [-0.2, -0.15) is 0 Å². The summed E-state index contributed by atoms with van der Waals surface area (Å²) in [6.45, 7) is 6.32. The number of carbonyl (C=O) groups excluding carboxylic acids is 2. The van der Waals surface area contributed by atoms with Crippen molar-refractivity contribution in [3.63, 3.8) is 0 Å². The number of carbonyl (C=O) groups is 2. The Kier molecular flexibility index (Phi) is 4.12. The molecular formula is C16H18N4O3. The second-order valence-corrected chi connectivity index (χ2v) is 5.35. The van der Waals surface area contributed by atoms with Gasteiger partial charge in [-0.1, -0.05) is 6.58 Å². The third-order valence-corrected chi connectivity index (χ3v) is 3.75. The molecule has 0 radical (unpaired) electrons. The molecule has 7 nitrogen and oxygen atoms in total. The van der Waals surface area contributed by atoms with Crippen LogP contribution >= 0.6 is 0 Å². The van der Waals surface area contributed by atoms with Gasteiger partial charge in [-0.05, 0) is 25.1 Å². The summed E-state index contributed by atoms with van der Waals surface area (Å²) in [5.74, 6) is -0.572. The van der Waals surface area contributed by atoms with Gasteiger partial charge >= 0.3 is 0 Å². The quantitative estimate of drug-likeness (QED) is 0.857. The van der Waals surface area contributed by atoms with Crippen molar-refractivity contribution >= 4 is 23.1 Å². The van der Waals surface area contributed by atoms with Crippen LogP contribution in [0.15, 0.2) is 37.2 Å². The average molecular weight is 314 g/mol. The van der Waals surface area contributed by atoms with Crippen LogP contribution in [0.4, 0.5) is 5.69 Å². The lowest BCUT2D eigenvalue weighted by atomic mass is 10.2. The van der Waals surface area contributed by atoms with Crippen LogP contribution in [-0.2, 0) is 14.3 Å². The minimum Gasteiger partial charge on any atom is -0.377 e. The van der Waals surface area contributed by atoms with Crippen LogP contribution in [0.3, 0.4) is 0 Å². The lowest BCUT2D eigenvalue weighted by Gasteiger charge is -2.33. The number of ether oxygens (including phenoxy) is 1. The molecule has 2 aromatic heterocycles. The lowest BCUT2D eigenvalue weighted by Crippen LogP contribution is -2.53. The first kappa shape index (κ1) is 15.2. The van der Waals surface area contributed by atoms with Gasteiger partial charge in [-0.25, -0.2) is 4.98 Å². The fourth-order valence-electron chi connectivity index (χ4n) is 2.65. The van der Waals surface area contributed by atoms with Crippen LogP contribution < -0.4 is 5.32 Å². The first-order chi connectivity index (χ1) is 11.1. The van der Waals surface area contributed by atoms with E-state index in [9.17, 15) is 9.59 Å². The van der Waals surface area contributed by atoms with Crippen molar-refractivity contribution in [2.45, 2.75) is 13.0 Å². The molecule has 120 valence electrons. The van der Waals surface area contributed by atoms with Gasteiger partial charge in [0.05, 0.1) is 24.6 Å². The largest absolute Gasteiger partial charge is 0.377 e. The van der Waals surface area contributed by atoms with E-state index < -0.39 is 6.04 Å². The molecule has 0 bridgehead atoms. The molecule has 1 aliphatic heterocycles. The summed E-state index contributed by atoms with van der Waals surface area (Å²) >= 11 is 0. The average Bonchev–Trinajstić information content (AvgIpc) is 2.95. The van der Waals surface area contributed by atoms with Gasteiger partial charge in [0, 0.05) is 18.9 Å². The molecule has 0 saturated carbocycles. The molecule has 1 aliphatic rings. The second-order valence-electron chi connectivity index (χ2n) is 5.35. The molecular weight excluding hydrogens is 296 g/mol. The van der Waals surface area contributed by atoms with Gasteiger partial charge in [0.15, 0.2) is 5.65 Å². The van der Waals surface area contributed by atoms with Gasteiger partial charge in [-0.3, -0.25) is 9.59 Å². The van der Waals surface area contributed by atoms with Crippen molar-refractivity contribution in [2.24, 2.45) is 0 Å². The number of rotatable bonds is 3. The van der Waals surface area contributed by atoms with Gasteiger partial charge in [0.25, 0.3) is 0 Å². The number of amides is 2. The van der Waals surface area contributed by atoms with Crippen molar-refractivity contribution < 1.29 is 14.3 Å². The molecule has 3 heterocycles. The standard InChI is InChI=1S/C16H18N4O3/c1-3-14(21)20-7-8-23-10-13(20)16(22)18-12-5-4-6-19-9-11(2)17-15(12)19/h3-6,9,13H,1,7-8,10H2,2H3,(H,18,22). The van der Waals surface area contributed by atoms with Crippen LogP contribution in [0, 0.1) is 6.92 Å². The fourth-order valence-corrected chi connectivity index (χ4v) is 2.65. The highest BCUT2D eigenvalue weighted by atomic mass is 16.5. The van der Waals surface area contributed by atoms with Crippen LogP contribution in [-0.4, -0.2) is 51.9 Å². The molecule has 1 fully saturated rings. The number of imidazole rings is 1. The molecule has 1 unspecified atom stereocenters. The summed E-state index contributed by atoms with van der Waals surface area (Å²) in [6.07, 6.45) is 4.95. The summed E-state index contributed by atoms with van der Waals surface area (Å²) in [5, 5.41) is 2.85. The molecule has 23 heavy (non-hydrogen) atoms. The maximum atomic E-state index is 12.6. The molecule has 1 N–H and O–H groups in total. The topological polar surface area (TPSA) is 75.9 Å². The predicted molar refractivity (Wildman–Crippen MR) is 85.1 cm³/mol. The molecule has 1 atom stereocenters. The molecule has 3 rings (SSSR count).